The molecule has 4 heterocycles. The predicted molar refractivity (Wildman–Crippen MR) is 131 cm³/mol. The topological polar surface area (TPSA) is 38.1 Å². The number of furan rings is 1. The van der Waals surface area contributed by atoms with Crippen LogP contribution in [0, 0.1) is 0 Å². The van der Waals surface area contributed by atoms with Gasteiger partial charge in [-0.2, -0.15) is 0 Å². The highest BCUT2D eigenvalue weighted by Crippen LogP contribution is 2.33. The fourth-order valence-electron chi connectivity index (χ4n) is 4.76. The van der Waals surface area contributed by atoms with Crippen LogP contribution in [0.5, 0.6) is 0 Å². The summed E-state index contributed by atoms with van der Waals surface area (Å²) in [4.78, 5) is 6.75. The standard InChI is InChI=1S/C26H30BN4O/c1-17(2)19-9-7-10-20(18(3)4)24(19)30-14-13-29(6)26(30)31-16-22-21-11-8-12-28-25(21)32-23(22)15-27(31)5/h7-18H,1-6H3/q+1. The summed E-state index contributed by atoms with van der Waals surface area (Å²) in [6.45, 7) is 11.4. The summed E-state index contributed by atoms with van der Waals surface area (Å²) in [5, 5.41) is 2.13. The van der Waals surface area contributed by atoms with Crippen molar-refractivity contribution in [3.8, 4) is 5.69 Å². The number of anilines is 1. The molecule has 0 saturated carbocycles. The van der Waals surface area contributed by atoms with E-state index in [1.54, 1.807) is 6.20 Å². The molecule has 162 valence electrons. The number of hydrogen-bond acceptors (Lipinski definition) is 3. The third kappa shape index (κ3) is 3.17. The number of rotatable bonds is 4. The molecule has 1 aliphatic rings. The summed E-state index contributed by atoms with van der Waals surface area (Å²) in [7, 11) is 2.12. The number of hydrogen-bond donors (Lipinski definition) is 0. The van der Waals surface area contributed by atoms with E-state index in [2.05, 4.69) is 109 Å². The van der Waals surface area contributed by atoms with E-state index < -0.39 is 0 Å². The molecule has 0 amide bonds. The van der Waals surface area contributed by atoms with E-state index in [4.69, 9.17) is 4.42 Å². The number of benzene rings is 1. The predicted octanol–water partition coefficient (Wildman–Crippen LogP) is 3.89. The van der Waals surface area contributed by atoms with Crippen LogP contribution in [0.4, 0.5) is 5.95 Å². The Hall–Kier alpha value is -3.28. The van der Waals surface area contributed by atoms with Crippen molar-refractivity contribution in [2.45, 2.75) is 46.4 Å². The first kappa shape index (κ1) is 20.6. The number of imidazole rings is 1. The van der Waals surface area contributed by atoms with Gasteiger partial charge < -0.3 is 4.42 Å². The number of aryl methyl sites for hydroxylation is 1. The summed E-state index contributed by atoms with van der Waals surface area (Å²) in [5.74, 6) is 4.15. The molecule has 1 aliphatic heterocycles. The van der Waals surface area contributed by atoms with Gasteiger partial charge in [-0.05, 0) is 47.9 Å². The number of aromatic nitrogens is 3. The third-order valence-electron chi connectivity index (χ3n) is 6.42. The van der Waals surface area contributed by atoms with Gasteiger partial charge in [0.15, 0.2) is 0 Å². The summed E-state index contributed by atoms with van der Waals surface area (Å²) in [6.07, 6.45) is 8.32. The molecule has 1 aromatic carbocycles. The molecule has 4 aromatic rings. The van der Waals surface area contributed by atoms with Crippen molar-refractivity contribution < 1.29 is 8.98 Å². The molecular weight excluding hydrogens is 395 g/mol. The molecule has 0 radical (unpaired) electrons. The maximum atomic E-state index is 6.03. The molecule has 0 bridgehead atoms. The zero-order valence-electron chi connectivity index (χ0n) is 19.7. The van der Waals surface area contributed by atoms with Gasteiger partial charge >= 0.3 is 12.8 Å². The summed E-state index contributed by atoms with van der Waals surface area (Å²) in [6, 6.07) is 10.8. The Kier molecular flexibility index (Phi) is 4.96. The van der Waals surface area contributed by atoms with Crippen LogP contribution < -0.4 is 20.0 Å². The molecule has 0 saturated heterocycles. The van der Waals surface area contributed by atoms with E-state index in [0.717, 1.165) is 22.0 Å². The quantitative estimate of drug-likeness (QED) is 0.368. The van der Waals surface area contributed by atoms with Gasteiger partial charge in [-0.1, -0.05) is 45.9 Å². The van der Waals surface area contributed by atoms with Crippen LogP contribution in [0.1, 0.15) is 50.7 Å². The lowest BCUT2D eigenvalue weighted by Gasteiger charge is -2.23. The lowest BCUT2D eigenvalue weighted by Crippen LogP contribution is -2.47. The van der Waals surface area contributed by atoms with E-state index in [9.17, 15) is 0 Å². The second-order valence-electron chi connectivity index (χ2n) is 9.35. The molecular formula is C26H30BN4O+. The smallest absolute Gasteiger partial charge is 0.369 e. The average Bonchev–Trinajstić information content (AvgIpc) is 3.32. The molecule has 3 aromatic heterocycles. The monoisotopic (exact) mass is 425 g/mol. The van der Waals surface area contributed by atoms with Crippen LogP contribution in [0.3, 0.4) is 0 Å². The van der Waals surface area contributed by atoms with Crippen molar-refractivity contribution in [2.24, 2.45) is 7.05 Å². The summed E-state index contributed by atoms with van der Waals surface area (Å²) >= 11 is 0. The Morgan fingerprint density at radius 1 is 1.03 bits per heavy atom. The Balaban J connectivity index is 1.77. The largest absolute Gasteiger partial charge is 0.439 e. The molecule has 6 heteroatoms. The third-order valence-corrected chi connectivity index (χ3v) is 6.42. The van der Waals surface area contributed by atoms with Crippen molar-refractivity contribution >= 4 is 36.1 Å². The van der Waals surface area contributed by atoms with Crippen LogP contribution in [0.2, 0.25) is 6.82 Å². The van der Waals surface area contributed by atoms with Gasteiger partial charge in [0.05, 0.1) is 30.0 Å². The van der Waals surface area contributed by atoms with Gasteiger partial charge in [0.1, 0.15) is 17.3 Å². The Bertz CT molecular complexity index is 1400. The van der Waals surface area contributed by atoms with Gasteiger partial charge in [0.2, 0.25) is 5.71 Å². The Morgan fingerprint density at radius 2 is 1.75 bits per heavy atom. The van der Waals surface area contributed by atoms with Gasteiger partial charge in [-0.3, -0.25) is 4.81 Å². The first-order chi connectivity index (χ1) is 15.4. The van der Waals surface area contributed by atoms with E-state index in [1.165, 1.54) is 16.8 Å². The molecule has 0 unspecified atom stereocenters. The Morgan fingerprint density at radius 3 is 2.44 bits per heavy atom. The lowest BCUT2D eigenvalue weighted by molar-refractivity contribution is -0.656. The zero-order chi connectivity index (χ0) is 22.6. The van der Waals surface area contributed by atoms with Crippen LogP contribution >= 0.6 is 0 Å². The fourth-order valence-corrected chi connectivity index (χ4v) is 4.76. The van der Waals surface area contributed by atoms with Gasteiger partial charge in [-0.25, -0.2) is 14.1 Å². The maximum Gasteiger partial charge on any atom is 0.369 e. The normalized spacial score (nSPS) is 13.6. The lowest BCUT2D eigenvalue weighted by atomic mass is 9.62. The van der Waals surface area contributed by atoms with E-state index in [0.29, 0.717) is 17.5 Å². The minimum absolute atomic E-state index is 0.136. The van der Waals surface area contributed by atoms with E-state index >= 15 is 0 Å². The van der Waals surface area contributed by atoms with Gasteiger partial charge in [-0.15, -0.1) is 0 Å². The zero-order valence-corrected chi connectivity index (χ0v) is 19.7. The minimum atomic E-state index is 0.136. The highest BCUT2D eigenvalue weighted by atomic mass is 16.3. The van der Waals surface area contributed by atoms with Gasteiger partial charge in [0, 0.05) is 6.20 Å². The highest BCUT2D eigenvalue weighted by Gasteiger charge is 2.33. The second-order valence-corrected chi connectivity index (χ2v) is 9.35. The van der Waals surface area contributed by atoms with Crippen LogP contribution in [0.15, 0.2) is 53.3 Å². The number of pyridine rings is 1. The van der Waals surface area contributed by atoms with E-state index in [1.807, 2.05) is 6.07 Å². The molecule has 5 nitrogen and oxygen atoms in total. The first-order valence-corrected chi connectivity index (χ1v) is 11.4. The van der Waals surface area contributed by atoms with E-state index in [-0.39, 0.29) is 6.85 Å². The van der Waals surface area contributed by atoms with Crippen molar-refractivity contribution in [3.05, 3.63) is 70.7 Å². The minimum Gasteiger partial charge on any atom is -0.439 e. The molecule has 0 aliphatic carbocycles. The molecule has 0 atom stereocenters. The molecule has 0 fully saturated rings. The molecule has 5 rings (SSSR count). The summed E-state index contributed by atoms with van der Waals surface area (Å²) < 4.78 is 10.6. The Labute approximate surface area is 189 Å². The SMILES string of the molecule is CB1C=c2oc3ncccc3c2=CN1c1n(-c2c(C(C)C)cccc2C(C)C)cc[n+]1C. The second kappa shape index (κ2) is 7.70. The first-order valence-electron chi connectivity index (χ1n) is 11.4. The highest BCUT2D eigenvalue weighted by molar-refractivity contribution is 6.76. The maximum absolute atomic E-state index is 6.03. The number of para-hydroxylation sites is 1. The number of fused-ring (bicyclic) bond motifs is 3. The van der Waals surface area contributed by atoms with Crippen molar-refractivity contribution in [2.75, 3.05) is 4.81 Å². The molecule has 0 N–H and O–H groups in total. The number of nitrogens with zero attached hydrogens (tertiary/aromatic N) is 4. The van der Waals surface area contributed by atoms with Crippen LogP contribution in [-0.4, -0.2) is 16.4 Å². The van der Waals surface area contributed by atoms with Crippen molar-refractivity contribution in [3.63, 3.8) is 0 Å². The summed E-state index contributed by atoms with van der Waals surface area (Å²) in [5.41, 5.74) is 5.60. The molecule has 0 spiro atoms. The van der Waals surface area contributed by atoms with Gasteiger partial charge in [0.25, 0.3) is 0 Å². The fraction of sp³-hybridized carbons (Fsp3) is 0.308. The molecule has 32 heavy (non-hydrogen) atoms. The van der Waals surface area contributed by atoms with Crippen molar-refractivity contribution in [1.29, 1.82) is 0 Å². The van der Waals surface area contributed by atoms with Crippen molar-refractivity contribution in [1.82, 2.24) is 9.55 Å². The average molecular weight is 425 g/mol. The van der Waals surface area contributed by atoms with Crippen LogP contribution in [0.25, 0.3) is 29.0 Å². The van der Waals surface area contributed by atoms with Crippen LogP contribution in [-0.2, 0) is 7.05 Å².